The summed E-state index contributed by atoms with van der Waals surface area (Å²) in [6.07, 6.45) is 4.67. The molecule has 0 amide bonds. The van der Waals surface area contributed by atoms with Crippen LogP contribution >= 0.6 is 0 Å². The molecule has 0 aliphatic carbocycles. The predicted octanol–water partition coefficient (Wildman–Crippen LogP) is 2.03. The second-order valence-corrected chi connectivity index (χ2v) is 7.73. The molecule has 1 fully saturated rings. The summed E-state index contributed by atoms with van der Waals surface area (Å²) >= 11 is 0. The molecule has 0 unspecified atom stereocenters. The Morgan fingerprint density at radius 2 is 2.09 bits per heavy atom. The number of hydrogen-bond donors (Lipinski definition) is 1. The number of rotatable bonds is 5. The van der Waals surface area contributed by atoms with Crippen molar-refractivity contribution in [2.75, 3.05) is 13.2 Å². The lowest BCUT2D eigenvalue weighted by Gasteiger charge is -2.24. The minimum Gasteiger partial charge on any atom is -0.381 e. The van der Waals surface area contributed by atoms with Gasteiger partial charge in [-0.05, 0) is 43.5 Å². The van der Waals surface area contributed by atoms with Crippen molar-refractivity contribution in [1.29, 1.82) is 0 Å². The molecule has 2 heterocycles. The minimum absolute atomic E-state index is 0.293. The van der Waals surface area contributed by atoms with Crippen LogP contribution in [0.25, 0.3) is 5.69 Å². The fourth-order valence-electron chi connectivity index (χ4n) is 2.76. The molecule has 1 N–H and O–H groups in total. The average molecular weight is 335 g/mol. The van der Waals surface area contributed by atoms with Crippen molar-refractivity contribution in [3.05, 3.63) is 48.3 Å². The average Bonchev–Trinajstić information content (AvgIpc) is 3.10. The van der Waals surface area contributed by atoms with E-state index in [-0.39, 0.29) is 11.3 Å². The molecule has 7 heteroatoms. The third-order valence-corrected chi connectivity index (χ3v) is 6.12. The lowest BCUT2D eigenvalue weighted by Crippen LogP contribution is -2.39. The predicted molar refractivity (Wildman–Crippen MR) is 87.9 cm³/mol. The molecule has 3 rings (SSSR count). The highest BCUT2D eigenvalue weighted by atomic mass is 32.2. The first-order chi connectivity index (χ1) is 11.1. The Morgan fingerprint density at radius 1 is 1.30 bits per heavy atom. The molecule has 0 bridgehead atoms. The Morgan fingerprint density at radius 3 is 2.78 bits per heavy atom. The van der Waals surface area contributed by atoms with E-state index in [4.69, 9.17) is 4.74 Å². The number of nitrogens with zero attached hydrogens (tertiary/aromatic N) is 2. The molecule has 1 aliphatic rings. The molecule has 0 spiro atoms. The van der Waals surface area contributed by atoms with Crippen LogP contribution in [0, 0.1) is 0 Å². The highest BCUT2D eigenvalue weighted by Gasteiger charge is 2.29. The Bertz CT molecular complexity index is 738. The lowest BCUT2D eigenvalue weighted by molar-refractivity contribution is 0.0981. The quantitative estimate of drug-likeness (QED) is 0.907. The molecule has 0 saturated carbocycles. The highest BCUT2D eigenvalue weighted by molar-refractivity contribution is 7.90. The maximum atomic E-state index is 12.5. The molecule has 1 aromatic carbocycles. The van der Waals surface area contributed by atoms with Crippen LogP contribution in [0.2, 0.25) is 0 Å². The second-order valence-electron chi connectivity index (χ2n) is 5.74. The Labute approximate surface area is 136 Å². The van der Waals surface area contributed by atoms with E-state index in [1.165, 1.54) is 0 Å². The SMILES string of the molecule is C[C@@H](NS(=O)(=O)C1CCOCC1)c1cccc(-n2cccn2)c1. The number of benzene rings is 1. The summed E-state index contributed by atoms with van der Waals surface area (Å²) in [7, 11) is -3.35. The Balaban J connectivity index is 1.75. The summed E-state index contributed by atoms with van der Waals surface area (Å²) in [6, 6.07) is 9.28. The van der Waals surface area contributed by atoms with Gasteiger partial charge >= 0.3 is 0 Å². The molecular formula is C16H21N3O3S. The van der Waals surface area contributed by atoms with Crippen LogP contribution in [0.3, 0.4) is 0 Å². The molecule has 1 atom stereocenters. The molecule has 1 aromatic heterocycles. The van der Waals surface area contributed by atoms with Gasteiger partial charge < -0.3 is 4.74 Å². The van der Waals surface area contributed by atoms with E-state index < -0.39 is 10.0 Å². The van der Waals surface area contributed by atoms with Gasteiger partial charge in [-0.25, -0.2) is 17.8 Å². The van der Waals surface area contributed by atoms with E-state index in [0.717, 1.165) is 11.3 Å². The largest absolute Gasteiger partial charge is 0.381 e. The van der Waals surface area contributed by atoms with E-state index in [0.29, 0.717) is 26.1 Å². The minimum atomic E-state index is -3.35. The van der Waals surface area contributed by atoms with Crippen molar-refractivity contribution >= 4 is 10.0 Å². The third kappa shape index (κ3) is 3.80. The molecule has 1 aliphatic heterocycles. The van der Waals surface area contributed by atoms with Gasteiger partial charge in [-0.3, -0.25) is 0 Å². The molecule has 6 nitrogen and oxygen atoms in total. The summed E-state index contributed by atoms with van der Waals surface area (Å²) in [6.45, 7) is 2.88. The molecular weight excluding hydrogens is 314 g/mol. The third-order valence-electron chi connectivity index (χ3n) is 4.09. The van der Waals surface area contributed by atoms with Crippen LogP contribution in [-0.2, 0) is 14.8 Å². The van der Waals surface area contributed by atoms with E-state index in [9.17, 15) is 8.42 Å². The molecule has 23 heavy (non-hydrogen) atoms. The number of nitrogens with one attached hydrogen (secondary N) is 1. The first-order valence-electron chi connectivity index (χ1n) is 7.75. The number of sulfonamides is 1. The smallest absolute Gasteiger partial charge is 0.215 e. The van der Waals surface area contributed by atoms with E-state index in [1.54, 1.807) is 10.9 Å². The fraction of sp³-hybridized carbons (Fsp3) is 0.438. The van der Waals surface area contributed by atoms with Gasteiger partial charge in [0, 0.05) is 31.6 Å². The maximum Gasteiger partial charge on any atom is 0.215 e. The van der Waals surface area contributed by atoms with Crippen molar-refractivity contribution in [3.63, 3.8) is 0 Å². The van der Waals surface area contributed by atoms with Gasteiger partial charge in [0.2, 0.25) is 10.0 Å². The van der Waals surface area contributed by atoms with E-state index in [1.807, 2.05) is 43.5 Å². The molecule has 2 aromatic rings. The van der Waals surface area contributed by atoms with Crippen LogP contribution in [0.15, 0.2) is 42.7 Å². The standard InChI is InChI=1S/C16H21N3O3S/c1-13(18-23(20,21)16-6-10-22-11-7-16)14-4-2-5-15(12-14)19-9-3-8-17-19/h2-5,8-9,12-13,16,18H,6-7,10-11H2,1H3/t13-/m1/s1. The lowest BCUT2D eigenvalue weighted by atomic mass is 10.1. The zero-order valence-corrected chi connectivity index (χ0v) is 13.9. The summed E-state index contributed by atoms with van der Waals surface area (Å²) in [5, 5.41) is 3.83. The summed E-state index contributed by atoms with van der Waals surface area (Å²) in [4.78, 5) is 0. The van der Waals surface area contributed by atoms with Gasteiger partial charge in [-0.15, -0.1) is 0 Å². The van der Waals surface area contributed by atoms with Gasteiger partial charge in [0.25, 0.3) is 0 Å². The van der Waals surface area contributed by atoms with Gasteiger partial charge in [0.1, 0.15) is 0 Å². The maximum absolute atomic E-state index is 12.5. The topological polar surface area (TPSA) is 73.2 Å². The van der Waals surface area contributed by atoms with Crippen molar-refractivity contribution < 1.29 is 13.2 Å². The monoisotopic (exact) mass is 335 g/mol. The van der Waals surface area contributed by atoms with Crippen molar-refractivity contribution in [3.8, 4) is 5.69 Å². The van der Waals surface area contributed by atoms with Crippen LogP contribution < -0.4 is 4.72 Å². The van der Waals surface area contributed by atoms with Crippen LogP contribution in [0.4, 0.5) is 0 Å². The zero-order valence-electron chi connectivity index (χ0n) is 13.1. The molecule has 1 saturated heterocycles. The first-order valence-corrected chi connectivity index (χ1v) is 9.30. The Kier molecular flexibility index (Phi) is 4.79. The first kappa shape index (κ1) is 16.2. The number of ether oxygens (including phenoxy) is 1. The van der Waals surface area contributed by atoms with Crippen molar-refractivity contribution in [1.82, 2.24) is 14.5 Å². The fourth-order valence-corrected chi connectivity index (χ4v) is 4.39. The van der Waals surface area contributed by atoms with Gasteiger partial charge in [0.15, 0.2) is 0 Å². The van der Waals surface area contributed by atoms with Crippen molar-refractivity contribution in [2.24, 2.45) is 0 Å². The Hall–Kier alpha value is -1.70. The molecule has 124 valence electrons. The van der Waals surface area contributed by atoms with E-state index in [2.05, 4.69) is 9.82 Å². The highest BCUT2D eigenvalue weighted by Crippen LogP contribution is 2.21. The van der Waals surface area contributed by atoms with Gasteiger partial charge in [0.05, 0.1) is 10.9 Å². The van der Waals surface area contributed by atoms with E-state index >= 15 is 0 Å². The number of aromatic nitrogens is 2. The zero-order chi connectivity index (χ0) is 16.3. The number of hydrogen-bond acceptors (Lipinski definition) is 4. The van der Waals surface area contributed by atoms with Gasteiger partial charge in [-0.1, -0.05) is 12.1 Å². The summed E-state index contributed by atoms with van der Waals surface area (Å²) in [5.41, 5.74) is 1.82. The van der Waals surface area contributed by atoms with Crippen molar-refractivity contribution in [2.45, 2.75) is 31.1 Å². The van der Waals surface area contributed by atoms with Crippen LogP contribution in [0.1, 0.15) is 31.4 Å². The van der Waals surface area contributed by atoms with Crippen LogP contribution in [-0.4, -0.2) is 36.7 Å². The summed E-state index contributed by atoms with van der Waals surface area (Å²) in [5.74, 6) is 0. The molecule has 0 radical (unpaired) electrons. The normalized spacial score (nSPS) is 18.0. The summed E-state index contributed by atoms with van der Waals surface area (Å²) < 4.78 is 34.8. The van der Waals surface area contributed by atoms with Crippen LogP contribution in [0.5, 0.6) is 0 Å². The second kappa shape index (κ2) is 6.82. The van der Waals surface area contributed by atoms with Gasteiger partial charge in [-0.2, -0.15) is 5.10 Å².